The van der Waals surface area contributed by atoms with Crippen molar-refractivity contribution in [2.24, 2.45) is 5.73 Å². The highest BCUT2D eigenvalue weighted by atomic mass is 35.5. The van der Waals surface area contributed by atoms with Crippen molar-refractivity contribution in [3.05, 3.63) is 50.8 Å². The van der Waals surface area contributed by atoms with Gasteiger partial charge in [0.15, 0.2) is 0 Å². The summed E-state index contributed by atoms with van der Waals surface area (Å²) in [5.41, 5.74) is 6.94. The van der Waals surface area contributed by atoms with E-state index in [-0.39, 0.29) is 5.56 Å². The summed E-state index contributed by atoms with van der Waals surface area (Å²) in [5.74, 6) is -0.0489. The summed E-state index contributed by atoms with van der Waals surface area (Å²) in [7, 11) is 1.58. The number of halogens is 1. The number of fused-ring (bicyclic) bond motifs is 1. The van der Waals surface area contributed by atoms with Gasteiger partial charge in [0.2, 0.25) is 5.91 Å². The quantitative estimate of drug-likeness (QED) is 0.652. The molecule has 0 saturated heterocycles. The van der Waals surface area contributed by atoms with Gasteiger partial charge in [0, 0.05) is 29.5 Å². The number of methoxy groups -OCH3 is 1. The number of nitrogens with zero attached hydrogens (tertiary/aromatic N) is 2. The van der Waals surface area contributed by atoms with Gasteiger partial charge in [-0.2, -0.15) is 0 Å². The Balaban J connectivity index is 2.28. The lowest BCUT2D eigenvalue weighted by molar-refractivity contribution is -0.121. The normalized spacial score (nSPS) is 12.4. The molecule has 0 aliphatic rings. The molecule has 1 aromatic carbocycles. The molecular formula is C19H20ClN3O3S. The van der Waals surface area contributed by atoms with E-state index in [4.69, 9.17) is 22.1 Å². The van der Waals surface area contributed by atoms with Crippen molar-refractivity contribution < 1.29 is 9.53 Å². The van der Waals surface area contributed by atoms with Gasteiger partial charge in [0.25, 0.3) is 5.56 Å². The van der Waals surface area contributed by atoms with Crippen LogP contribution in [0.25, 0.3) is 21.3 Å². The molecule has 0 spiro atoms. The molecule has 1 unspecified atom stereocenters. The summed E-state index contributed by atoms with van der Waals surface area (Å²) >= 11 is 7.37. The highest BCUT2D eigenvalue weighted by molar-refractivity contribution is 7.17. The number of aromatic nitrogens is 2. The molecule has 0 aliphatic heterocycles. The molecule has 2 N–H and O–H groups in total. The lowest BCUT2D eigenvalue weighted by atomic mass is 10.1. The zero-order chi connectivity index (χ0) is 19.6. The van der Waals surface area contributed by atoms with E-state index in [9.17, 15) is 9.59 Å². The van der Waals surface area contributed by atoms with Gasteiger partial charge >= 0.3 is 0 Å². The Labute approximate surface area is 165 Å². The van der Waals surface area contributed by atoms with Crippen LogP contribution in [0.3, 0.4) is 0 Å². The third kappa shape index (κ3) is 3.76. The van der Waals surface area contributed by atoms with Crippen LogP contribution in [0.1, 0.15) is 25.2 Å². The maximum atomic E-state index is 13.4. The highest BCUT2D eigenvalue weighted by Gasteiger charge is 2.24. The monoisotopic (exact) mass is 405 g/mol. The third-order valence-corrected chi connectivity index (χ3v) is 5.55. The standard InChI is InChI=1S/C19H20ClN3O3S/c1-3-14(17(21)24)23-15(8-9-26-2)22-18-16(19(23)25)13(10-27-18)11-4-6-12(20)7-5-11/h4-7,10,14H,3,8-9H2,1-2H3,(H2,21,24). The molecule has 0 saturated carbocycles. The molecule has 0 bridgehead atoms. The van der Waals surface area contributed by atoms with Crippen LogP contribution in [-0.4, -0.2) is 29.2 Å². The van der Waals surface area contributed by atoms with Gasteiger partial charge in [-0.05, 0) is 24.1 Å². The minimum absolute atomic E-state index is 0.261. The van der Waals surface area contributed by atoms with Gasteiger partial charge in [0.05, 0.1) is 12.0 Å². The van der Waals surface area contributed by atoms with Crippen molar-refractivity contribution in [1.82, 2.24) is 9.55 Å². The van der Waals surface area contributed by atoms with Crippen molar-refractivity contribution in [1.29, 1.82) is 0 Å². The zero-order valence-corrected chi connectivity index (χ0v) is 16.6. The largest absolute Gasteiger partial charge is 0.384 e. The lowest BCUT2D eigenvalue weighted by Crippen LogP contribution is -2.36. The Hall–Kier alpha value is -2.22. The Morgan fingerprint density at radius 3 is 2.67 bits per heavy atom. The lowest BCUT2D eigenvalue weighted by Gasteiger charge is -2.19. The van der Waals surface area contributed by atoms with E-state index in [0.29, 0.717) is 40.5 Å². The topological polar surface area (TPSA) is 87.2 Å². The Kier molecular flexibility index (Phi) is 5.94. The van der Waals surface area contributed by atoms with Gasteiger partial charge in [0.1, 0.15) is 16.7 Å². The molecule has 0 aliphatic carbocycles. The minimum Gasteiger partial charge on any atom is -0.384 e. The van der Waals surface area contributed by atoms with Gasteiger partial charge in [-0.1, -0.05) is 30.7 Å². The maximum Gasteiger partial charge on any atom is 0.263 e. The van der Waals surface area contributed by atoms with Gasteiger partial charge in [-0.25, -0.2) is 4.98 Å². The molecule has 6 nitrogen and oxygen atoms in total. The second kappa shape index (κ2) is 8.21. The molecule has 2 heterocycles. The van der Waals surface area contributed by atoms with E-state index in [1.165, 1.54) is 15.9 Å². The molecule has 142 valence electrons. The Morgan fingerprint density at radius 2 is 2.07 bits per heavy atom. The van der Waals surface area contributed by atoms with Crippen LogP contribution in [0.15, 0.2) is 34.4 Å². The van der Waals surface area contributed by atoms with Crippen LogP contribution in [-0.2, 0) is 16.0 Å². The van der Waals surface area contributed by atoms with E-state index in [0.717, 1.165) is 11.1 Å². The van der Waals surface area contributed by atoms with Crippen LogP contribution >= 0.6 is 22.9 Å². The Morgan fingerprint density at radius 1 is 1.37 bits per heavy atom. The molecule has 1 atom stereocenters. The number of thiophene rings is 1. The van der Waals surface area contributed by atoms with E-state index in [2.05, 4.69) is 4.98 Å². The molecule has 0 fully saturated rings. The minimum atomic E-state index is -0.751. The third-order valence-electron chi connectivity index (χ3n) is 4.42. The molecule has 3 aromatic rings. The summed E-state index contributed by atoms with van der Waals surface area (Å²) in [6.07, 6.45) is 0.822. The van der Waals surface area contributed by atoms with Crippen molar-refractivity contribution >= 4 is 39.1 Å². The van der Waals surface area contributed by atoms with E-state index in [1.807, 2.05) is 24.4 Å². The molecule has 3 rings (SSSR count). The molecule has 2 aromatic heterocycles. The molecule has 1 amide bonds. The molecule has 8 heteroatoms. The first-order valence-electron chi connectivity index (χ1n) is 8.54. The predicted octanol–water partition coefficient (Wildman–Crippen LogP) is 3.40. The van der Waals surface area contributed by atoms with Crippen molar-refractivity contribution in [2.75, 3.05) is 13.7 Å². The van der Waals surface area contributed by atoms with Crippen LogP contribution in [0.4, 0.5) is 0 Å². The van der Waals surface area contributed by atoms with E-state index < -0.39 is 11.9 Å². The number of nitrogens with two attached hydrogens (primary N) is 1. The highest BCUT2D eigenvalue weighted by Crippen LogP contribution is 2.32. The van der Waals surface area contributed by atoms with Gasteiger partial charge in [-0.15, -0.1) is 11.3 Å². The number of rotatable bonds is 7. The smallest absolute Gasteiger partial charge is 0.263 e. The summed E-state index contributed by atoms with van der Waals surface area (Å²) in [4.78, 5) is 30.6. The summed E-state index contributed by atoms with van der Waals surface area (Å²) < 4.78 is 6.56. The Bertz CT molecular complexity index is 1030. The number of hydrogen-bond donors (Lipinski definition) is 1. The van der Waals surface area contributed by atoms with Crippen LogP contribution in [0.5, 0.6) is 0 Å². The first kappa shape index (κ1) is 19.5. The van der Waals surface area contributed by atoms with Crippen LogP contribution < -0.4 is 11.3 Å². The fraction of sp³-hybridized carbons (Fsp3) is 0.316. The molecule has 27 heavy (non-hydrogen) atoms. The SMILES string of the molecule is CCC(C(N)=O)n1c(CCOC)nc2scc(-c3ccc(Cl)cc3)c2c1=O. The number of hydrogen-bond acceptors (Lipinski definition) is 5. The van der Waals surface area contributed by atoms with E-state index >= 15 is 0 Å². The first-order valence-corrected chi connectivity index (χ1v) is 9.80. The van der Waals surface area contributed by atoms with Gasteiger partial charge < -0.3 is 10.5 Å². The summed E-state index contributed by atoms with van der Waals surface area (Å²) in [6, 6.07) is 6.52. The first-order chi connectivity index (χ1) is 13.0. The molecular weight excluding hydrogens is 386 g/mol. The number of primary amides is 1. The van der Waals surface area contributed by atoms with Gasteiger partial charge in [-0.3, -0.25) is 14.2 Å². The average Bonchev–Trinajstić information content (AvgIpc) is 3.07. The van der Waals surface area contributed by atoms with Crippen molar-refractivity contribution in [3.8, 4) is 11.1 Å². The van der Waals surface area contributed by atoms with Crippen molar-refractivity contribution in [2.45, 2.75) is 25.8 Å². The predicted molar refractivity (Wildman–Crippen MR) is 108 cm³/mol. The fourth-order valence-corrected chi connectivity index (χ4v) is 4.17. The number of benzene rings is 1. The number of carbonyl (C=O) groups excluding carboxylic acids is 1. The summed E-state index contributed by atoms with van der Waals surface area (Å²) in [5, 5.41) is 3.01. The molecule has 0 radical (unpaired) electrons. The average molecular weight is 406 g/mol. The number of ether oxygens (including phenoxy) is 1. The fourth-order valence-electron chi connectivity index (χ4n) is 3.09. The second-order valence-electron chi connectivity index (χ2n) is 6.11. The van der Waals surface area contributed by atoms with Crippen molar-refractivity contribution in [3.63, 3.8) is 0 Å². The summed E-state index contributed by atoms with van der Waals surface area (Å²) in [6.45, 7) is 2.21. The second-order valence-corrected chi connectivity index (χ2v) is 7.40. The number of amides is 1. The maximum absolute atomic E-state index is 13.4. The van der Waals surface area contributed by atoms with Crippen LogP contribution in [0, 0.1) is 0 Å². The van der Waals surface area contributed by atoms with Crippen LogP contribution in [0.2, 0.25) is 5.02 Å². The number of carbonyl (C=O) groups is 1. The zero-order valence-electron chi connectivity index (χ0n) is 15.1. The van der Waals surface area contributed by atoms with E-state index in [1.54, 1.807) is 19.2 Å².